The largest absolute Gasteiger partial charge is 0.465 e. The number of hydrogen-bond donors (Lipinski definition) is 2. The number of methoxy groups -OCH3 is 1. The van der Waals surface area contributed by atoms with E-state index in [9.17, 15) is 14.4 Å². The van der Waals surface area contributed by atoms with Gasteiger partial charge in [0.2, 0.25) is 5.91 Å². The van der Waals surface area contributed by atoms with Gasteiger partial charge in [-0.15, -0.1) is 10.2 Å². The van der Waals surface area contributed by atoms with Gasteiger partial charge in [0.25, 0.3) is 5.91 Å². The number of para-hydroxylation sites is 1. The average molecular weight is 564 g/mol. The number of rotatable bonds is 10. The molecule has 0 saturated heterocycles. The highest BCUT2D eigenvalue weighted by molar-refractivity contribution is 7.99. The van der Waals surface area contributed by atoms with E-state index in [-0.39, 0.29) is 34.1 Å². The molecule has 0 aliphatic heterocycles. The first-order chi connectivity index (χ1) is 17.7. The third-order valence-electron chi connectivity index (χ3n) is 5.41. The zero-order valence-corrected chi connectivity index (χ0v) is 23.1. The van der Waals surface area contributed by atoms with Crippen LogP contribution in [0, 0.1) is 5.92 Å². The van der Waals surface area contributed by atoms with Crippen molar-refractivity contribution in [3.05, 3.63) is 69.5 Å². The van der Waals surface area contributed by atoms with E-state index in [1.165, 1.54) is 24.9 Å². The summed E-state index contributed by atoms with van der Waals surface area (Å²) in [5.41, 5.74) is 0.928. The number of nitrogens with zero attached hydrogens (tertiary/aromatic N) is 3. The molecule has 37 heavy (non-hydrogen) atoms. The van der Waals surface area contributed by atoms with E-state index < -0.39 is 12.0 Å². The lowest BCUT2D eigenvalue weighted by molar-refractivity contribution is -0.113. The summed E-state index contributed by atoms with van der Waals surface area (Å²) in [6, 6.07) is 10.8. The van der Waals surface area contributed by atoms with E-state index in [1.807, 2.05) is 25.3 Å². The van der Waals surface area contributed by atoms with Crippen molar-refractivity contribution in [3.63, 3.8) is 0 Å². The van der Waals surface area contributed by atoms with Crippen LogP contribution in [0.4, 0.5) is 5.69 Å². The third kappa shape index (κ3) is 7.03. The number of halogens is 2. The van der Waals surface area contributed by atoms with Crippen LogP contribution in [0.5, 0.6) is 0 Å². The summed E-state index contributed by atoms with van der Waals surface area (Å²) in [7, 11) is 1.28. The lowest BCUT2D eigenvalue weighted by Crippen LogP contribution is -2.34. The van der Waals surface area contributed by atoms with Crippen molar-refractivity contribution in [3.8, 4) is 0 Å². The van der Waals surface area contributed by atoms with Crippen molar-refractivity contribution >= 4 is 58.4 Å². The van der Waals surface area contributed by atoms with E-state index >= 15 is 0 Å². The number of aromatic nitrogens is 3. The molecule has 0 radical (unpaired) electrons. The number of esters is 1. The molecule has 1 heterocycles. The molecule has 0 spiro atoms. The zero-order chi connectivity index (χ0) is 27.1. The molecule has 196 valence electrons. The molecule has 3 rings (SSSR count). The third-order valence-corrected chi connectivity index (χ3v) is 6.92. The molecule has 2 N–H and O–H groups in total. The second kappa shape index (κ2) is 12.9. The summed E-state index contributed by atoms with van der Waals surface area (Å²) in [5.74, 6) is -0.633. The quantitative estimate of drug-likeness (QED) is 0.255. The van der Waals surface area contributed by atoms with Crippen LogP contribution in [-0.2, 0) is 16.1 Å². The van der Waals surface area contributed by atoms with Gasteiger partial charge in [-0.25, -0.2) is 4.79 Å². The average Bonchev–Trinajstić information content (AvgIpc) is 3.28. The Morgan fingerprint density at radius 1 is 1.08 bits per heavy atom. The molecular formula is C25H27Cl2N5O4S. The predicted octanol–water partition coefficient (Wildman–Crippen LogP) is 5.25. The van der Waals surface area contributed by atoms with Crippen LogP contribution in [0.25, 0.3) is 0 Å². The molecule has 2 aromatic carbocycles. The Morgan fingerprint density at radius 2 is 1.81 bits per heavy atom. The minimum atomic E-state index is -0.541. The normalized spacial score (nSPS) is 11.8. The molecule has 0 fully saturated rings. The van der Waals surface area contributed by atoms with Crippen LogP contribution in [0.3, 0.4) is 0 Å². The van der Waals surface area contributed by atoms with Crippen LogP contribution in [-0.4, -0.2) is 45.4 Å². The van der Waals surface area contributed by atoms with Crippen molar-refractivity contribution < 1.29 is 19.1 Å². The van der Waals surface area contributed by atoms with E-state index in [4.69, 9.17) is 27.9 Å². The molecule has 0 unspecified atom stereocenters. The van der Waals surface area contributed by atoms with Gasteiger partial charge >= 0.3 is 5.97 Å². The second-order valence-electron chi connectivity index (χ2n) is 8.28. The van der Waals surface area contributed by atoms with Crippen molar-refractivity contribution in [1.82, 2.24) is 20.1 Å². The molecule has 0 aliphatic carbocycles. The molecular weight excluding hydrogens is 537 g/mol. The highest BCUT2D eigenvalue weighted by Crippen LogP contribution is 2.27. The minimum absolute atomic E-state index is 0.0134. The van der Waals surface area contributed by atoms with Gasteiger partial charge in [-0.2, -0.15) is 0 Å². The van der Waals surface area contributed by atoms with Gasteiger partial charge in [-0.1, -0.05) is 60.9 Å². The highest BCUT2D eigenvalue weighted by atomic mass is 35.5. The number of hydrogen-bond acceptors (Lipinski definition) is 7. The van der Waals surface area contributed by atoms with Gasteiger partial charge in [0.15, 0.2) is 11.0 Å². The van der Waals surface area contributed by atoms with E-state index in [0.29, 0.717) is 33.8 Å². The fourth-order valence-electron chi connectivity index (χ4n) is 3.55. The Balaban J connectivity index is 1.74. The van der Waals surface area contributed by atoms with E-state index in [0.717, 1.165) is 0 Å². The van der Waals surface area contributed by atoms with Crippen LogP contribution in [0.15, 0.2) is 47.6 Å². The maximum absolute atomic E-state index is 13.0. The first-order valence-electron chi connectivity index (χ1n) is 11.4. The van der Waals surface area contributed by atoms with E-state index in [2.05, 4.69) is 20.8 Å². The molecule has 9 nitrogen and oxygen atoms in total. The van der Waals surface area contributed by atoms with Crippen LogP contribution in [0.1, 0.15) is 53.4 Å². The number of carbonyl (C=O) groups is 3. The summed E-state index contributed by atoms with van der Waals surface area (Å²) in [6.07, 6.45) is 0. The molecule has 12 heteroatoms. The molecule has 1 atom stereocenters. The maximum atomic E-state index is 13.0. The van der Waals surface area contributed by atoms with Gasteiger partial charge < -0.3 is 19.9 Å². The highest BCUT2D eigenvalue weighted by Gasteiger charge is 2.27. The molecule has 3 aromatic rings. The number of nitrogens with one attached hydrogen (secondary N) is 2. The van der Waals surface area contributed by atoms with E-state index in [1.54, 1.807) is 36.4 Å². The topological polar surface area (TPSA) is 115 Å². The Labute approximate surface area is 229 Å². The van der Waals surface area contributed by atoms with Gasteiger partial charge in [0, 0.05) is 11.6 Å². The van der Waals surface area contributed by atoms with Crippen molar-refractivity contribution in [2.24, 2.45) is 5.92 Å². The fourth-order valence-corrected chi connectivity index (χ4v) is 4.86. The fraction of sp³-hybridized carbons (Fsp3) is 0.320. The Kier molecular flexibility index (Phi) is 9.96. The second-order valence-corrected chi connectivity index (χ2v) is 10.1. The van der Waals surface area contributed by atoms with Crippen molar-refractivity contribution in [2.75, 3.05) is 18.2 Å². The molecule has 0 bridgehead atoms. The number of ether oxygens (including phenoxy) is 1. The Morgan fingerprint density at radius 3 is 2.46 bits per heavy atom. The lowest BCUT2D eigenvalue weighted by Gasteiger charge is -2.22. The maximum Gasteiger partial charge on any atom is 0.339 e. The zero-order valence-electron chi connectivity index (χ0n) is 20.7. The van der Waals surface area contributed by atoms with Crippen molar-refractivity contribution in [2.45, 2.75) is 38.5 Å². The van der Waals surface area contributed by atoms with Crippen molar-refractivity contribution in [1.29, 1.82) is 0 Å². The Hall–Kier alpha value is -3.08. The number of amides is 2. The van der Waals surface area contributed by atoms with Gasteiger partial charge in [-0.3, -0.25) is 9.59 Å². The summed E-state index contributed by atoms with van der Waals surface area (Å²) in [6.45, 7) is 6.38. The standard InChI is InChI=1S/C25H27Cl2N5O4S/c1-5-32-22(21(14(2)3)29-23(34)16-11-10-15(26)12-18(16)27)30-31-25(32)37-13-20(33)28-19-9-7-6-8-17(19)24(35)36-4/h6-12,14,21H,5,13H2,1-4H3,(H,28,33)(H,29,34)/t21-/m0/s1. The van der Waals surface area contributed by atoms with Crippen LogP contribution < -0.4 is 10.6 Å². The molecule has 2 amide bonds. The monoisotopic (exact) mass is 563 g/mol. The SMILES string of the molecule is CCn1c(SCC(=O)Nc2ccccc2C(=O)OC)nnc1[C@@H](NC(=O)c1ccc(Cl)cc1Cl)C(C)C. The number of thioether (sulfide) groups is 1. The molecule has 0 aliphatic rings. The summed E-state index contributed by atoms with van der Waals surface area (Å²) in [4.78, 5) is 37.6. The van der Waals surface area contributed by atoms with Gasteiger partial charge in [0.1, 0.15) is 0 Å². The minimum Gasteiger partial charge on any atom is -0.465 e. The predicted molar refractivity (Wildman–Crippen MR) is 144 cm³/mol. The molecule has 1 aromatic heterocycles. The summed E-state index contributed by atoms with van der Waals surface area (Å²) >= 11 is 13.4. The lowest BCUT2D eigenvalue weighted by atomic mass is 10.0. The summed E-state index contributed by atoms with van der Waals surface area (Å²) in [5, 5.41) is 15.5. The van der Waals surface area contributed by atoms with Gasteiger partial charge in [-0.05, 0) is 43.2 Å². The molecule has 0 saturated carbocycles. The number of anilines is 1. The van der Waals surface area contributed by atoms with Gasteiger partial charge in [0.05, 0.1) is 40.7 Å². The first kappa shape index (κ1) is 28.5. The smallest absolute Gasteiger partial charge is 0.339 e. The van der Waals surface area contributed by atoms with Crippen LogP contribution in [0.2, 0.25) is 10.0 Å². The number of carbonyl (C=O) groups excluding carboxylic acids is 3. The van der Waals surface area contributed by atoms with Crippen LogP contribution >= 0.6 is 35.0 Å². The first-order valence-corrected chi connectivity index (χ1v) is 13.2. The summed E-state index contributed by atoms with van der Waals surface area (Å²) < 4.78 is 6.63. The Bertz CT molecular complexity index is 1300. The number of benzene rings is 2.